The van der Waals surface area contributed by atoms with E-state index in [0.717, 1.165) is 47.0 Å². The molecule has 1 amide bonds. The minimum Gasteiger partial charge on any atom is -0.481 e. The number of rotatable bonds is 10. The van der Waals surface area contributed by atoms with Gasteiger partial charge in [0.25, 0.3) is 5.91 Å². The standard InChI is InChI=1S/C34H29F3N2O3/c35-34(36,37)29-14-11-24(12-15-29)27-13-17-31-28(22-27)19-21-39(31)30(16-6-23-4-2-1-3-5-23)25-7-9-26(10-8-25)33(42)38-20-18-32(40)41/h1-5,7-15,17,19,21-22,30H,6,16,18,20H2,(H,38,42)(H,40,41). The zero-order chi connectivity index (χ0) is 29.7. The van der Waals surface area contributed by atoms with Crippen molar-refractivity contribution in [1.82, 2.24) is 9.88 Å². The predicted molar refractivity (Wildman–Crippen MR) is 156 cm³/mol. The third-order valence-electron chi connectivity index (χ3n) is 7.33. The molecule has 0 saturated heterocycles. The average Bonchev–Trinajstić information content (AvgIpc) is 3.40. The molecule has 5 rings (SSSR count). The Morgan fingerprint density at radius 2 is 1.52 bits per heavy atom. The fourth-order valence-electron chi connectivity index (χ4n) is 5.12. The van der Waals surface area contributed by atoms with Gasteiger partial charge >= 0.3 is 12.1 Å². The lowest BCUT2D eigenvalue weighted by atomic mass is 9.97. The van der Waals surface area contributed by atoms with Gasteiger partial charge < -0.3 is 15.0 Å². The highest BCUT2D eigenvalue weighted by atomic mass is 19.4. The first-order chi connectivity index (χ1) is 20.2. The molecule has 42 heavy (non-hydrogen) atoms. The number of aliphatic carboxylic acids is 1. The van der Waals surface area contributed by atoms with Crippen LogP contribution in [0.15, 0.2) is 109 Å². The van der Waals surface area contributed by atoms with E-state index in [-0.39, 0.29) is 24.9 Å². The summed E-state index contributed by atoms with van der Waals surface area (Å²) < 4.78 is 41.2. The first-order valence-corrected chi connectivity index (χ1v) is 13.6. The summed E-state index contributed by atoms with van der Waals surface area (Å²) in [5, 5.41) is 12.4. The highest BCUT2D eigenvalue weighted by Crippen LogP contribution is 2.34. The number of carbonyl (C=O) groups excluding carboxylic acids is 1. The smallest absolute Gasteiger partial charge is 0.416 e. The predicted octanol–water partition coefficient (Wildman–Crippen LogP) is 7.75. The molecule has 8 heteroatoms. The van der Waals surface area contributed by atoms with Crippen LogP contribution in [0.2, 0.25) is 0 Å². The number of hydrogen-bond donors (Lipinski definition) is 2. The lowest BCUT2D eigenvalue weighted by Gasteiger charge is -2.22. The Morgan fingerprint density at radius 3 is 2.19 bits per heavy atom. The van der Waals surface area contributed by atoms with Gasteiger partial charge in [-0.15, -0.1) is 0 Å². The zero-order valence-corrected chi connectivity index (χ0v) is 22.6. The number of aromatic nitrogens is 1. The SMILES string of the molecule is O=C(O)CCNC(=O)c1ccc(C(CCc2ccccc2)n2ccc3cc(-c4ccc(C(F)(F)F)cc4)ccc32)cc1. The van der Waals surface area contributed by atoms with Gasteiger partial charge in [0.15, 0.2) is 0 Å². The molecule has 0 aliphatic heterocycles. The Balaban J connectivity index is 1.43. The molecular weight excluding hydrogens is 541 g/mol. The summed E-state index contributed by atoms with van der Waals surface area (Å²) in [6.45, 7) is 0.0550. The number of carbonyl (C=O) groups is 2. The van der Waals surface area contributed by atoms with Gasteiger partial charge in [-0.2, -0.15) is 13.2 Å². The van der Waals surface area contributed by atoms with Gasteiger partial charge in [-0.1, -0.05) is 60.7 Å². The van der Waals surface area contributed by atoms with E-state index >= 15 is 0 Å². The zero-order valence-electron chi connectivity index (χ0n) is 22.6. The summed E-state index contributed by atoms with van der Waals surface area (Å²) in [6.07, 6.45) is -0.891. The van der Waals surface area contributed by atoms with E-state index in [2.05, 4.69) is 22.0 Å². The highest BCUT2D eigenvalue weighted by molar-refractivity contribution is 5.94. The Kier molecular flexibility index (Phi) is 8.43. The molecule has 1 aromatic heterocycles. The Hall–Kier alpha value is -4.85. The fraction of sp³-hybridized carbons (Fsp3) is 0.176. The number of halogens is 3. The van der Waals surface area contributed by atoms with Crippen molar-refractivity contribution in [2.45, 2.75) is 31.5 Å². The Bertz CT molecular complexity index is 1680. The van der Waals surface area contributed by atoms with Gasteiger partial charge in [0.1, 0.15) is 0 Å². The van der Waals surface area contributed by atoms with Gasteiger partial charge in [0.2, 0.25) is 0 Å². The monoisotopic (exact) mass is 570 g/mol. The van der Waals surface area contributed by atoms with Crippen LogP contribution in [0.3, 0.4) is 0 Å². The van der Waals surface area contributed by atoms with Crippen LogP contribution in [-0.4, -0.2) is 28.1 Å². The number of hydrogen-bond acceptors (Lipinski definition) is 2. The van der Waals surface area contributed by atoms with E-state index in [1.165, 1.54) is 17.7 Å². The maximum Gasteiger partial charge on any atom is 0.416 e. The normalized spacial score (nSPS) is 12.3. The molecule has 1 heterocycles. The van der Waals surface area contributed by atoms with Crippen LogP contribution in [0, 0.1) is 0 Å². The van der Waals surface area contributed by atoms with Crippen molar-refractivity contribution in [3.05, 3.63) is 132 Å². The van der Waals surface area contributed by atoms with Gasteiger partial charge in [-0.25, -0.2) is 0 Å². The van der Waals surface area contributed by atoms with Gasteiger partial charge in [-0.05, 0) is 77.6 Å². The fourth-order valence-corrected chi connectivity index (χ4v) is 5.12. The molecule has 214 valence electrons. The van der Waals surface area contributed by atoms with Crippen molar-refractivity contribution in [3.63, 3.8) is 0 Å². The van der Waals surface area contributed by atoms with E-state index in [1.807, 2.05) is 60.8 Å². The molecule has 0 bridgehead atoms. The van der Waals surface area contributed by atoms with Crippen LogP contribution in [0.1, 0.15) is 45.9 Å². The first-order valence-electron chi connectivity index (χ1n) is 13.6. The van der Waals surface area contributed by atoms with Crippen LogP contribution < -0.4 is 5.32 Å². The minimum absolute atomic E-state index is 0.0521. The Morgan fingerprint density at radius 1 is 0.833 bits per heavy atom. The lowest BCUT2D eigenvalue weighted by Crippen LogP contribution is -2.26. The van der Waals surface area contributed by atoms with Gasteiger partial charge in [0.05, 0.1) is 18.0 Å². The van der Waals surface area contributed by atoms with Crippen molar-refractivity contribution in [3.8, 4) is 11.1 Å². The summed E-state index contributed by atoms with van der Waals surface area (Å²) in [5.41, 5.74) is 4.51. The van der Waals surface area contributed by atoms with E-state index in [0.29, 0.717) is 11.1 Å². The third kappa shape index (κ3) is 6.71. The van der Waals surface area contributed by atoms with Crippen molar-refractivity contribution in [2.24, 2.45) is 0 Å². The molecular formula is C34H29F3N2O3. The van der Waals surface area contributed by atoms with Crippen molar-refractivity contribution in [2.75, 3.05) is 6.54 Å². The number of amides is 1. The molecule has 1 atom stereocenters. The van der Waals surface area contributed by atoms with Gasteiger partial charge in [-0.3, -0.25) is 9.59 Å². The van der Waals surface area contributed by atoms with Crippen molar-refractivity contribution < 1.29 is 27.9 Å². The second-order valence-electron chi connectivity index (χ2n) is 10.1. The topological polar surface area (TPSA) is 71.3 Å². The summed E-state index contributed by atoms with van der Waals surface area (Å²) in [7, 11) is 0. The summed E-state index contributed by atoms with van der Waals surface area (Å²) in [5.74, 6) is -1.30. The van der Waals surface area contributed by atoms with Gasteiger partial charge in [0, 0.05) is 29.2 Å². The summed E-state index contributed by atoms with van der Waals surface area (Å²) in [4.78, 5) is 23.2. The number of nitrogens with one attached hydrogen (secondary N) is 1. The van der Waals surface area contributed by atoms with Crippen molar-refractivity contribution in [1.29, 1.82) is 0 Å². The quantitative estimate of drug-likeness (QED) is 0.180. The van der Waals surface area contributed by atoms with Crippen LogP contribution in [0.4, 0.5) is 13.2 Å². The second-order valence-corrected chi connectivity index (χ2v) is 10.1. The van der Waals surface area contributed by atoms with E-state index < -0.39 is 17.7 Å². The summed E-state index contributed by atoms with van der Waals surface area (Å²) in [6, 6.07) is 30.5. The van der Waals surface area contributed by atoms with Crippen LogP contribution >= 0.6 is 0 Å². The summed E-state index contributed by atoms with van der Waals surface area (Å²) >= 11 is 0. The molecule has 0 radical (unpaired) electrons. The molecule has 5 nitrogen and oxygen atoms in total. The molecule has 2 N–H and O–H groups in total. The highest BCUT2D eigenvalue weighted by Gasteiger charge is 2.30. The van der Waals surface area contributed by atoms with Crippen molar-refractivity contribution >= 4 is 22.8 Å². The lowest BCUT2D eigenvalue weighted by molar-refractivity contribution is -0.138. The Labute approximate surface area is 241 Å². The number of carboxylic acid groups (broad SMARTS) is 1. The molecule has 0 aliphatic rings. The first kappa shape index (κ1) is 28.7. The third-order valence-corrected chi connectivity index (χ3v) is 7.33. The van der Waals surface area contributed by atoms with E-state index in [9.17, 15) is 22.8 Å². The minimum atomic E-state index is -4.38. The van der Waals surface area contributed by atoms with E-state index in [1.54, 1.807) is 12.1 Å². The number of carboxylic acids is 1. The van der Waals surface area contributed by atoms with E-state index in [4.69, 9.17) is 5.11 Å². The maximum absolute atomic E-state index is 13.0. The number of aryl methyl sites for hydroxylation is 1. The second kappa shape index (κ2) is 12.3. The van der Waals surface area contributed by atoms with Crippen LogP contribution in [0.5, 0.6) is 0 Å². The average molecular weight is 571 g/mol. The number of fused-ring (bicyclic) bond motifs is 1. The molecule has 0 saturated carbocycles. The molecule has 4 aromatic carbocycles. The molecule has 5 aromatic rings. The largest absolute Gasteiger partial charge is 0.481 e. The number of nitrogens with zero attached hydrogens (tertiary/aromatic N) is 1. The van der Waals surface area contributed by atoms with Crippen LogP contribution in [-0.2, 0) is 17.4 Å². The number of benzene rings is 4. The molecule has 0 fully saturated rings. The molecule has 0 spiro atoms. The molecule has 0 aliphatic carbocycles. The maximum atomic E-state index is 13.0. The van der Waals surface area contributed by atoms with Crippen LogP contribution in [0.25, 0.3) is 22.0 Å². The molecule has 1 unspecified atom stereocenters. The number of alkyl halides is 3.